The van der Waals surface area contributed by atoms with Gasteiger partial charge in [-0.3, -0.25) is 9.78 Å². The molecule has 2 heterocycles. The summed E-state index contributed by atoms with van der Waals surface area (Å²) in [5.74, 6) is 1.17. The summed E-state index contributed by atoms with van der Waals surface area (Å²) in [7, 11) is 0. The molecule has 1 N–H and O–H groups in total. The van der Waals surface area contributed by atoms with Crippen molar-refractivity contribution in [3.63, 3.8) is 0 Å². The van der Waals surface area contributed by atoms with E-state index in [0.29, 0.717) is 12.5 Å². The Labute approximate surface area is 132 Å². The molecular weight excluding hydrogens is 286 g/mol. The Kier molecular flexibility index (Phi) is 6.00. The summed E-state index contributed by atoms with van der Waals surface area (Å²) in [5, 5.41) is 3.64. The number of hydrogen-bond donors (Lipinski definition) is 1. The lowest BCUT2D eigenvalue weighted by molar-refractivity contribution is -0.131. The summed E-state index contributed by atoms with van der Waals surface area (Å²) < 4.78 is 0. The van der Waals surface area contributed by atoms with Crippen LogP contribution >= 0.6 is 12.4 Å². The first-order valence-electron chi connectivity index (χ1n) is 7.71. The average Bonchev–Trinajstić information content (AvgIpc) is 3.31. The van der Waals surface area contributed by atoms with Crippen LogP contribution in [0.25, 0.3) is 0 Å². The van der Waals surface area contributed by atoms with Gasteiger partial charge in [0.25, 0.3) is 0 Å². The molecule has 1 saturated heterocycles. The Morgan fingerprint density at radius 3 is 2.67 bits per heavy atom. The van der Waals surface area contributed by atoms with Crippen molar-refractivity contribution in [1.29, 1.82) is 0 Å². The minimum atomic E-state index is 0. The van der Waals surface area contributed by atoms with Gasteiger partial charge >= 0.3 is 0 Å². The molecule has 0 bridgehead atoms. The van der Waals surface area contributed by atoms with Gasteiger partial charge in [0.1, 0.15) is 0 Å². The van der Waals surface area contributed by atoms with E-state index in [1.165, 1.54) is 19.4 Å². The Morgan fingerprint density at radius 1 is 1.29 bits per heavy atom. The molecule has 116 valence electrons. The lowest BCUT2D eigenvalue weighted by Crippen LogP contribution is -2.45. The van der Waals surface area contributed by atoms with Gasteiger partial charge in [-0.15, -0.1) is 12.4 Å². The highest BCUT2D eigenvalue weighted by molar-refractivity contribution is 5.85. The van der Waals surface area contributed by atoms with E-state index in [1.54, 1.807) is 12.4 Å². The summed E-state index contributed by atoms with van der Waals surface area (Å²) >= 11 is 0. The molecule has 4 nitrogen and oxygen atoms in total. The summed E-state index contributed by atoms with van der Waals surface area (Å²) in [6.07, 6.45) is 8.97. The van der Waals surface area contributed by atoms with Gasteiger partial charge in [-0.05, 0) is 49.8 Å². The highest BCUT2D eigenvalue weighted by Gasteiger charge is 2.25. The predicted octanol–water partition coefficient (Wildman–Crippen LogP) is 2.04. The molecule has 0 radical (unpaired) electrons. The van der Waals surface area contributed by atoms with Crippen molar-refractivity contribution in [3.05, 3.63) is 30.1 Å². The standard InChI is InChI=1S/C16H23N3O.ClH/c20-16(10-14-2-1-7-17-11-14)19-8-5-15(6-9-19)18-12-13-3-4-13;/h1-2,7,11,13,15,18H,3-6,8-10,12H2;1H. The van der Waals surface area contributed by atoms with Crippen molar-refractivity contribution in [2.24, 2.45) is 5.92 Å². The van der Waals surface area contributed by atoms with E-state index in [2.05, 4.69) is 10.3 Å². The fourth-order valence-electron chi connectivity index (χ4n) is 2.78. The van der Waals surface area contributed by atoms with Crippen LogP contribution in [-0.4, -0.2) is 41.5 Å². The number of aromatic nitrogens is 1. The van der Waals surface area contributed by atoms with Crippen molar-refractivity contribution in [2.75, 3.05) is 19.6 Å². The topological polar surface area (TPSA) is 45.2 Å². The monoisotopic (exact) mass is 309 g/mol. The number of rotatable bonds is 5. The van der Waals surface area contributed by atoms with Gasteiger partial charge in [-0.25, -0.2) is 0 Å². The van der Waals surface area contributed by atoms with Crippen molar-refractivity contribution in [3.8, 4) is 0 Å². The number of nitrogens with one attached hydrogen (secondary N) is 1. The summed E-state index contributed by atoms with van der Waals surface area (Å²) in [4.78, 5) is 18.3. The van der Waals surface area contributed by atoms with E-state index >= 15 is 0 Å². The van der Waals surface area contributed by atoms with E-state index in [9.17, 15) is 4.79 Å². The molecule has 2 aliphatic rings. The first-order chi connectivity index (χ1) is 9.81. The second-order valence-electron chi connectivity index (χ2n) is 6.04. The maximum atomic E-state index is 12.2. The molecule has 2 fully saturated rings. The number of amides is 1. The molecule has 0 aromatic carbocycles. The zero-order chi connectivity index (χ0) is 13.8. The predicted molar refractivity (Wildman–Crippen MR) is 85.5 cm³/mol. The second kappa shape index (κ2) is 7.76. The van der Waals surface area contributed by atoms with Gasteiger partial charge in [-0.1, -0.05) is 6.07 Å². The molecule has 0 spiro atoms. The van der Waals surface area contributed by atoms with Gasteiger partial charge < -0.3 is 10.2 Å². The SMILES string of the molecule is Cl.O=C(Cc1cccnc1)N1CCC(NCC2CC2)CC1. The minimum Gasteiger partial charge on any atom is -0.342 e. The Morgan fingerprint density at radius 2 is 2.05 bits per heavy atom. The Hall–Kier alpha value is -1.13. The number of halogens is 1. The van der Waals surface area contributed by atoms with Crippen LogP contribution in [0.4, 0.5) is 0 Å². The fourth-order valence-corrected chi connectivity index (χ4v) is 2.78. The van der Waals surface area contributed by atoms with Gasteiger partial charge in [0.05, 0.1) is 6.42 Å². The number of piperidine rings is 1. The van der Waals surface area contributed by atoms with Crippen molar-refractivity contribution in [2.45, 2.75) is 38.1 Å². The quantitative estimate of drug-likeness (QED) is 0.905. The molecule has 0 unspecified atom stereocenters. The molecule has 1 aliphatic heterocycles. The third-order valence-corrected chi connectivity index (χ3v) is 4.32. The summed E-state index contributed by atoms with van der Waals surface area (Å²) in [5.41, 5.74) is 1.01. The molecule has 1 saturated carbocycles. The number of pyridine rings is 1. The van der Waals surface area contributed by atoms with Crippen LogP contribution in [0.15, 0.2) is 24.5 Å². The zero-order valence-corrected chi connectivity index (χ0v) is 13.1. The Balaban J connectivity index is 0.00000161. The minimum absolute atomic E-state index is 0. The van der Waals surface area contributed by atoms with Crippen LogP contribution in [0.5, 0.6) is 0 Å². The van der Waals surface area contributed by atoms with Crippen LogP contribution < -0.4 is 5.32 Å². The van der Waals surface area contributed by atoms with Gasteiger partial charge in [0.15, 0.2) is 0 Å². The van der Waals surface area contributed by atoms with E-state index in [0.717, 1.165) is 37.4 Å². The molecular formula is C16H24ClN3O. The molecule has 1 aromatic heterocycles. The average molecular weight is 310 g/mol. The molecule has 1 aliphatic carbocycles. The number of nitrogens with zero attached hydrogens (tertiary/aromatic N) is 2. The van der Waals surface area contributed by atoms with Crippen LogP contribution in [0.3, 0.4) is 0 Å². The highest BCUT2D eigenvalue weighted by Crippen LogP contribution is 2.28. The van der Waals surface area contributed by atoms with E-state index in [-0.39, 0.29) is 18.3 Å². The van der Waals surface area contributed by atoms with Crippen LogP contribution in [0.2, 0.25) is 0 Å². The van der Waals surface area contributed by atoms with Crippen molar-refractivity contribution in [1.82, 2.24) is 15.2 Å². The van der Waals surface area contributed by atoms with Gasteiger partial charge in [0.2, 0.25) is 5.91 Å². The maximum absolute atomic E-state index is 12.2. The smallest absolute Gasteiger partial charge is 0.227 e. The molecule has 5 heteroatoms. The summed E-state index contributed by atoms with van der Waals surface area (Å²) in [6, 6.07) is 4.46. The first-order valence-corrected chi connectivity index (χ1v) is 7.71. The second-order valence-corrected chi connectivity index (χ2v) is 6.04. The lowest BCUT2D eigenvalue weighted by Gasteiger charge is -2.32. The van der Waals surface area contributed by atoms with Gasteiger partial charge in [-0.2, -0.15) is 0 Å². The molecule has 1 amide bonds. The zero-order valence-electron chi connectivity index (χ0n) is 12.3. The number of likely N-dealkylation sites (tertiary alicyclic amines) is 1. The first kappa shape index (κ1) is 16.2. The normalized spacial score (nSPS) is 19.1. The van der Waals surface area contributed by atoms with Crippen LogP contribution in [0.1, 0.15) is 31.2 Å². The lowest BCUT2D eigenvalue weighted by atomic mass is 10.0. The molecule has 21 heavy (non-hydrogen) atoms. The van der Waals surface area contributed by atoms with Crippen LogP contribution in [0, 0.1) is 5.92 Å². The van der Waals surface area contributed by atoms with Crippen LogP contribution in [-0.2, 0) is 11.2 Å². The van der Waals surface area contributed by atoms with Crippen molar-refractivity contribution >= 4 is 18.3 Å². The number of carbonyl (C=O) groups excluding carboxylic acids is 1. The fraction of sp³-hybridized carbons (Fsp3) is 0.625. The molecule has 1 aromatic rings. The number of carbonyl (C=O) groups is 1. The van der Waals surface area contributed by atoms with Crippen molar-refractivity contribution < 1.29 is 4.79 Å². The maximum Gasteiger partial charge on any atom is 0.227 e. The highest BCUT2D eigenvalue weighted by atomic mass is 35.5. The number of hydrogen-bond acceptors (Lipinski definition) is 3. The third kappa shape index (κ3) is 4.97. The van der Waals surface area contributed by atoms with E-state index in [1.807, 2.05) is 17.0 Å². The molecule has 3 rings (SSSR count). The Bertz CT molecular complexity index is 442. The molecule has 0 atom stereocenters. The largest absolute Gasteiger partial charge is 0.342 e. The van der Waals surface area contributed by atoms with E-state index in [4.69, 9.17) is 0 Å². The third-order valence-electron chi connectivity index (χ3n) is 4.32. The van der Waals surface area contributed by atoms with Gasteiger partial charge in [0, 0.05) is 31.5 Å². The van der Waals surface area contributed by atoms with E-state index < -0.39 is 0 Å². The summed E-state index contributed by atoms with van der Waals surface area (Å²) in [6.45, 7) is 2.96.